The van der Waals surface area contributed by atoms with Crippen molar-refractivity contribution in [3.8, 4) is 5.75 Å². The molecule has 4 nitrogen and oxygen atoms in total. The summed E-state index contributed by atoms with van der Waals surface area (Å²) >= 11 is 3.40. The largest absolute Gasteiger partial charge is 0.487 e. The van der Waals surface area contributed by atoms with Crippen LogP contribution in [0, 0.1) is 6.92 Å². The van der Waals surface area contributed by atoms with Crippen LogP contribution in [0.15, 0.2) is 41.1 Å². The number of nitrogens with zero attached hydrogens (tertiary/aromatic N) is 2. The van der Waals surface area contributed by atoms with Crippen LogP contribution in [0.25, 0.3) is 0 Å². The highest BCUT2D eigenvalue weighted by Crippen LogP contribution is 2.33. The number of benzene rings is 1. The number of fused-ring (bicyclic) bond motifs is 1. The predicted octanol–water partition coefficient (Wildman–Crippen LogP) is 4.85. The number of carbonyl (C=O) groups is 1. The van der Waals surface area contributed by atoms with Crippen molar-refractivity contribution < 1.29 is 9.53 Å². The Morgan fingerprint density at radius 3 is 2.81 bits per heavy atom. The molecule has 0 saturated heterocycles. The summed E-state index contributed by atoms with van der Waals surface area (Å²) in [6.45, 7) is 5.31. The normalized spacial score (nSPS) is 16.4. The standard InChI is InChI=1S/C20H20N2O2S2/c1-13-18-8-10-25-19(18)7-9-22(13)20(23)15-3-5-17(6-4-15)24-11-16-12-26-14(2)21-16/h3-6,8,10,12-13H,7,9,11H2,1-2H3/t13-/m0/s1. The van der Waals surface area contributed by atoms with Crippen LogP contribution in [0.1, 0.15) is 44.5 Å². The summed E-state index contributed by atoms with van der Waals surface area (Å²) in [7, 11) is 0. The molecule has 0 saturated carbocycles. The molecule has 0 radical (unpaired) electrons. The van der Waals surface area contributed by atoms with Crippen molar-refractivity contribution in [2.24, 2.45) is 0 Å². The fourth-order valence-corrected chi connectivity index (χ4v) is 4.84. The van der Waals surface area contributed by atoms with E-state index in [1.54, 1.807) is 22.7 Å². The molecule has 0 fully saturated rings. The molecule has 0 aliphatic carbocycles. The third kappa shape index (κ3) is 3.39. The zero-order valence-corrected chi connectivity index (χ0v) is 16.4. The Kier molecular flexibility index (Phi) is 4.78. The Labute approximate surface area is 161 Å². The van der Waals surface area contributed by atoms with Gasteiger partial charge in [-0.05, 0) is 61.5 Å². The molecule has 0 bridgehead atoms. The van der Waals surface area contributed by atoms with E-state index in [2.05, 4.69) is 23.4 Å². The lowest BCUT2D eigenvalue weighted by Gasteiger charge is -2.33. The summed E-state index contributed by atoms with van der Waals surface area (Å²) in [6, 6.07) is 9.68. The molecule has 2 aromatic heterocycles. The highest BCUT2D eigenvalue weighted by molar-refractivity contribution is 7.10. The summed E-state index contributed by atoms with van der Waals surface area (Å²) in [6.07, 6.45) is 0.942. The molecule has 6 heteroatoms. The van der Waals surface area contributed by atoms with E-state index in [-0.39, 0.29) is 11.9 Å². The highest BCUT2D eigenvalue weighted by Gasteiger charge is 2.28. The van der Waals surface area contributed by atoms with Gasteiger partial charge in [-0.1, -0.05) is 0 Å². The van der Waals surface area contributed by atoms with E-state index in [9.17, 15) is 4.79 Å². The summed E-state index contributed by atoms with van der Waals surface area (Å²) < 4.78 is 5.76. The molecule has 134 valence electrons. The molecule has 3 heterocycles. The number of rotatable bonds is 4. The quantitative estimate of drug-likeness (QED) is 0.646. The predicted molar refractivity (Wildman–Crippen MR) is 105 cm³/mol. The number of hydrogen-bond acceptors (Lipinski definition) is 5. The van der Waals surface area contributed by atoms with Gasteiger partial charge in [0.25, 0.3) is 5.91 Å². The lowest BCUT2D eigenvalue weighted by Crippen LogP contribution is -2.38. The molecular formula is C20H20N2O2S2. The van der Waals surface area contributed by atoms with Crippen LogP contribution in [-0.4, -0.2) is 22.3 Å². The molecule has 4 rings (SSSR count). The molecule has 1 aromatic carbocycles. The van der Waals surface area contributed by atoms with Crippen LogP contribution in [0.4, 0.5) is 0 Å². The average Bonchev–Trinajstić information content (AvgIpc) is 3.29. The third-order valence-corrected chi connectivity index (χ3v) is 6.51. The summed E-state index contributed by atoms with van der Waals surface area (Å²) in [5.41, 5.74) is 2.92. The smallest absolute Gasteiger partial charge is 0.254 e. The first-order valence-corrected chi connectivity index (χ1v) is 10.4. The fourth-order valence-electron chi connectivity index (χ4n) is 3.28. The number of amides is 1. The lowest BCUT2D eigenvalue weighted by molar-refractivity contribution is 0.0679. The molecular weight excluding hydrogens is 364 g/mol. The van der Waals surface area contributed by atoms with Gasteiger partial charge in [-0.25, -0.2) is 4.98 Å². The second kappa shape index (κ2) is 7.21. The maximum atomic E-state index is 12.9. The van der Waals surface area contributed by atoms with E-state index in [1.165, 1.54) is 10.4 Å². The molecule has 0 N–H and O–H groups in total. The number of thiophene rings is 1. The van der Waals surface area contributed by atoms with Gasteiger partial charge in [0.2, 0.25) is 0 Å². The molecule has 1 aliphatic heterocycles. The van der Waals surface area contributed by atoms with Crippen molar-refractivity contribution in [1.82, 2.24) is 9.88 Å². The fraction of sp³-hybridized carbons (Fsp3) is 0.300. The van der Waals surface area contributed by atoms with Gasteiger partial charge >= 0.3 is 0 Å². The van der Waals surface area contributed by atoms with E-state index >= 15 is 0 Å². The van der Waals surface area contributed by atoms with Gasteiger partial charge in [-0.2, -0.15) is 0 Å². The monoisotopic (exact) mass is 384 g/mol. The van der Waals surface area contributed by atoms with Crippen LogP contribution >= 0.6 is 22.7 Å². The van der Waals surface area contributed by atoms with Gasteiger partial charge in [-0.15, -0.1) is 22.7 Å². The first-order chi connectivity index (χ1) is 12.6. The topological polar surface area (TPSA) is 42.4 Å². The zero-order valence-electron chi connectivity index (χ0n) is 14.8. The van der Waals surface area contributed by atoms with Crippen molar-refractivity contribution in [3.63, 3.8) is 0 Å². The third-order valence-electron chi connectivity index (χ3n) is 4.69. The van der Waals surface area contributed by atoms with Crippen molar-refractivity contribution in [1.29, 1.82) is 0 Å². The molecule has 1 aliphatic rings. The van der Waals surface area contributed by atoms with Gasteiger partial charge in [0.1, 0.15) is 12.4 Å². The number of ether oxygens (including phenoxy) is 1. The minimum absolute atomic E-state index is 0.0797. The Morgan fingerprint density at radius 2 is 2.08 bits per heavy atom. The van der Waals surface area contributed by atoms with Crippen molar-refractivity contribution in [2.75, 3.05) is 6.54 Å². The average molecular weight is 385 g/mol. The Balaban J connectivity index is 1.42. The van der Waals surface area contributed by atoms with Crippen LogP contribution in [0.5, 0.6) is 5.75 Å². The van der Waals surface area contributed by atoms with Gasteiger partial charge in [-0.3, -0.25) is 4.79 Å². The zero-order chi connectivity index (χ0) is 18.1. The second-order valence-electron chi connectivity index (χ2n) is 6.39. The van der Waals surface area contributed by atoms with Crippen molar-refractivity contribution in [3.05, 3.63) is 67.8 Å². The van der Waals surface area contributed by atoms with Crippen LogP contribution in [-0.2, 0) is 13.0 Å². The highest BCUT2D eigenvalue weighted by atomic mass is 32.1. The van der Waals surface area contributed by atoms with Gasteiger partial charge in [0, 0.05) is 22.4 Å². The van der Waals surface area contributed by atoms with Crippen molar-refractivity contribution in [2.45, 2.75) is 32.9 Å². The molecule has 1 amide bonds. The molecule has 1 atom stereocenters. The van der Waals surface area contributed by atoms with E-state index in [1.807, 2.05) is 41.5 Å². The summed E-state index contributed by atoms with van der Waals surface area (Å²) in [5, 5.41) is 5.16. The number of carbonyl (C=O) groups excluding carboxylic acids is 1. The van der Waals surface area contributed by atoms with Crippen LogP contribution in [0.3, 0.4) is 0 Å². The maximum absolute atomic E-state index is 12.9. The Bertz CT molecular complexity index is 914. The Hall–Kier alpha value is -2.18. The molecule has 26 heavy (non-hydrogen) atoms. The maximum Gasteiger partial charge on any atom is 0.254 e. The van der Waals surface area contributed by atoms with E-state index < -0.39 is 0 Å². The SMILES string of the molecule is Cc1nc(COc2ccc(C(=O)N3CCc4sccc4[C@@H]3C)cc2)cs1. The first kappa shape index (κ1) is 17.2. The Morgan fingerprint density at radius 1 is 1.27 bits per heavy atom. The molecule has 3 aromatic rings. The van der Waals surface area contributed by atoms with E-state index in [0.717, 1.165) is 29.4 Å². The van der Waals surface area contributed by atoms with E-state index in [4.69, 9.17) is 4.74 Å². The number of hydrogen-bond donors (Lipinski definition) is 0. The second-order valence-corrected chi connectivity index (χ2v) is 8.46. The minimum Gasteiger partial charge on any atom is -0.487 e. The van der Waals surface area contributed by atoms with Gasteiger partial charge < -0.3 is 9.64 Å². The number of thiazole rings is 1. The minimum atomic E-state index is 0.0797. The van der Waals surface area contributed by atoms with E-state index in [0.29, 0.717) is 12.2 Å². The number of aromatic nitrogens is 1. The number of aryl methyl sites for hydroxylation is 1. The molecule has 0 unspecified atom stereocenters. The first-order valence-electron chi connectivity index (χ1n) is 8.63. The summed E-state index contributed by atoms with van der Waals surface area (Å²) in [4.78, 5) is 20.7. The van der Waals surface area contributed by atoms with Crippen LogP contribution in [0.2, 0.25) is 0 Å². The molecule has 0 spiro atoms. The summed E-state index contributed by atoms with van der Waals surface area (Å²) in [5.74, 6) is 0.829. The lowest BCUT2D eigenvalue weighted by atomic mass is 10.0. The van der Waals surface area contributed by atoms with Crippen molar-refractivity contribution >= 4 is 28.6 Å². The van der Waals surface area contributed by atoms with Gasteiger partial charge in [0.05, 0.1) is 16.7 Å². The van der Waals surface area contributed by atoms with Crippen LogP contribution < -0.4 is 4.74 Å². The van der Waals surface area contributed by atoms with Gasteiger partial charge in [0.15, 0.2) is 0 Å².